The molecule has 0 aliphatic rings. The molecule has 0 heterocycles. The molecule has 17 heavy (non-hydrogen) atoms. The molecule has 0 saturated heterocycles. The molecular formula is C12H18ClNO2S. The zero-order valence-corrected chi connectivity index (χ0v) is 11.9. The lowest BCUT2D eigenvalue weighted by atomic mass is 10.2. The van der Waals surface area contributed by atoms with Gasteiger partial charge in [0.05, 0.1) is 10.6 Å². The molecule has 0 bridgehead atoms. The van der Waals surface area contributed by atoms with Crippen LogP contribution >= 0.6 is 11.6 Å². The van der Waals surface area contributed by atoms with Crippen molar-refractivity contribution < 1.29 is 8.42 Å². The summed E-state index contributed by atoms with van der Waals surface area (Å²) in [6.07, 6.45) is 0. The number of hydrogen-bond acceptors (Lipinski definition) is 3. The number of nitrogens with one attached hydrogen (secondary N) is 1. The maximum absolute atomic E-state index is 12.2. The van der Waals surface area contributed by atoms with Crippen LogP contribution in [0, 0.1) is 5.92 Å². The Hall–Kier alpha value is -0.580. The second kappa shape index (κ2) is 5.85. The maximum atomic E-state index is 12.2. The predicted octanol–water partition coefficient (Wildman–Crippen LogP) is 2.49. The second-order valence-electron chi connectivity index (χ2n) is 4.46. The normalized spacial score (nSPS) is 12.1. The first-order valence-electron chi connectivity index (χ1n) is 5.52. The molecule has 0 saturated carbocycles. The monoisotopic (exact) mass is 275 g/mol. The molecule has 0 spiro atoms. The summed E-state index contributed by atoms with van der Waals surface area (Å²) < 4.78 is 24.4. The van der Waals surface area contributed by atoms with E-state index < -0.39 is 9.84 Å². The van der Waals surface area contributed by atoms with Gasteiger partial charge >= 0.3 is 0 Å². The van der Waals surface area contributed by atoms with Gasteiger partial charge in [0, 0.05) is 11.6 Å². The fraction of sp³-hybridized carbons (Fsp3) is 0.500. The van der Waals surface area contributed by atoms with Crippen molar-refractivity contribution in [3.63, 3.8) is 0 Å². The molecule has 1 aromatic rings. The molecule has 1 N–H and O–H groups in total. The van der Waals surface area contributed by atoms with Crippen LogP contribution in [0.1, 0.15) is 19.4 Å². The molecule has 0 fully saturated rings. The fourth-order valence-electron chi connectivity index (χ4n) is 1.68. The van der Waals surface area contributed by atoms with Crippen molar-refractivity contribution in [1.29, 1.82) is 0 Å². The van der Waals surface area contributed by atoms with Crippen LogP contribution in [0.2, 0.25) is 5.02 Å². The number of halogens is 1. The van der Waals surface area contributed by atoms with Crippen LogP contribution in [0.5, 0.6) is 0 Å². The SMILES string of the molecule is CNCc1ccc(Cl)cc1S(=O)(=O)CC(C)C. The van der Waals surface area contributed by atoms with E-state index >= 15 is 0 Å². The summed E-state index contributed by atoms with van der Waals surface area (Å²) in [4.78, 5) is 0.341. The quantitative estimate of drug-likeness (QED) is 0.898. The average Bonchev–Trinajstić information content (AvgIpc) is 2.19. The van der Waals surface area contributed by atoms with Crippen molar-refractivity contribution in [3.8, 4) is 0 Å². The minimum absolute atomic E-state index is 0.0985. The standard InChI is InChI=1S/C12H18ClNO2S/c1-9(2)8-17(15,16)12-6-11(13)5-4-10(12)7-14-3/h4-6,9,14H,7-8H2,1-3H3. The third kappa shape index (κ3) is 3.98. The van der Waals surface area contributed by atoms with Crippen LogP contribution in [0.3, 0.4) is 0 Å². The van der Waals surface area contributed by atoms with E-state index in [9.17, 15) is 8.42 Å². The Morgan fingerprint density at radius 2 is 2.00 bits per heavy atom. The Balaban J connectivity index is 3.23. The summed E-state index contributed by atoms with van der Waals surface area (Å²) in [6.45, 7) is 4.30. The first-order chi connectivity index (χ1) is 7.86. The van der Waals surface area contributed by atoms with Gasteiger partial charge in [0.25, 0.3) is 0 Å². The van der Waals surface area contributed by atoms with E-state index in [1.54, 1.807) is 19.2 Å². The molecule has 3 nitrogen and oxygen atoms in total. The lowest BCUT2D eigenvalue weighted by Crippen LogP contribution is -2.16. The maximum Gasteiger partial charge on any atom is 0.179 e. The Morgan fingerprint density at radius 1 is 1.35 bits per heavy atom. The number of hydrogen-bond donors (Lipinski definition) is 1. The van der Waals surface area contributed by atoms with Crippen LogP contribution in [-0.4, -0.2) is 21.2 Å². The fourth-order valence-corrected chi connectivity index (χ4v) is 3.82. The molecule has 1 rings (SSSR count). The summed E-state index contributed by atoms with van der Waals surface area (Å²) >= 11 is 5.87. The lowest BCUT2D eigenvalue weighted by Gasteiger charge is -2.12. The average molecular weight is 276 g/mol. The van der Waals surface area contributed by atoms with Crippen molar-refractivity contribution in [2.24, 2.45) is 5.92 Å². The smallest absolute Gasteiger partial charge is 0.179 e. The van der Waals surface area contributed by atoms with Gasteiger partial charge in [0.1, 0.15) is 0 Å². The van der Waals surface area contributed by atoms with Gasteiger partial charge in [-0.05, 0) is 30.7 Å². The Kier molecular flexibility index (Phi) is 4.98. The molecule has 0 amide bonds. The number of sulfone groups is 1. The van der Waals surface area contributed by atoms with Crippen molar-refractivity contribution in [2.45, 2.75) is 25.3 Å². The summed E-state index contributed by atoms with van der Waals surface area (Å²) in [5.41, 5.74) is 0.762. The molecule has 0 radical (unpaired) electrons. The molecular weight excluding hydrogens is 258 g/mol. The molecule has 0 unspecified atom stereocenters. The summed E-state index contributed by atoms with van der Waals surface area (Å²) in [7, 11) is -1.47. The predicted molar refractivity (Wildman–Crippen MR) is 71.1 cm³/mol. The summed E-state index contributed by atoms with van der Waals surface area (Å²) in [5, 5.41) is 3.41. The van der Waals surface area contributed by atoms with E-state index in [1.165, 1.54) is 6.07 Å². The number of rotatable bonds is 5. The van der Waals surface area contributed by atoms with Gasteiger partial charge in [-0.1, -0.05) is 31.5 Å². The molecule has 0 aliphatic heterocycles. The van der Waals surface area contributed by atoms with Gasteiger partial charge in [0.2, 0.25) is 0 Å². The molecule has 0 aromatic heterocycles. The molecule has 0 atom stereocenters. The highest BCUT2D eigenvalue weighted by molar-refractivity contribution is 7.91. The van der Waals surface area contributed by atoms with E-state index in [0.29, 0.717) is 16.5 Å². The zero-order valence-electron chi connectivity index (χ0n) is 10.3. The van der Waals surface area contributed by atoms with Crippen molar-refractivity contribution in [3.05, 3.63) is 28.8 Å². The highest BCUT2D eigenvalue weighted by Gasteiger charge is 2.20. The Morgan fingerprint density at radius 3 is 2.53 bits per heavy atom. The van der Waals surface area contributed by atoms with Gasteiger partial charge in [0.15, 0.2) is 9.84 Å². The second-order valence-corrected chi connectivity index (χ2v) is 6.90. The van der Waals surface area contributed by atoms with E-state index in [4.69, 9.17) is 11.6 Å². The van der Waals surface area contributed by atoms with E-state index in [-0.39, 0.29) is 11.7 Å². The summed E-state index contributed by atoms with van der Waals surface area (Å²) in [6, 6.07) is 5.00. The minimum Gasteiger partial charge on any atom is -0.316 e. The van der Waals surface area contributed by atoms with Crippen LogP contribution in [0.15, 0.2) is 23.1 Å². The largest absolute Gasteiger partial charge is 0.316 e. The third-order valence-corrected chi connectivity index (χ3v) is 4.68. The zero-order chi connectivity index (χ0) is 13.1. The highest BCUT2D eigenvalue weighted by Crippen LogP contribution is 2.23. The molecule has 5 heteroatoms. The van der Waals surface area contributed by atoms with E-state index in [1.807, 2.05) is 13.8 Å². The first-order valence-corrected chi connectivity index (χ1v) is 7.55. The van der Waals surface area contributed by atoms with E-state index in [2.05, 4.69) is 5.32 Å². The van der Waals surface area contributed by atoms with Crippen LogP contribution in [0.25, 0.3) is 0 Å². The van der Waals surface area contributed by atoms with Crippen molar-refractivity contribution >= 4 is 21.4 Å². The van der Waals surface area contributed by atoms with Crippen LogP contribution in [0.4, 0.5) is 0 Å². The Labute approximate surface area is 108 Å². The van der Waals surface area contributed by atoms with Crippen molar-refractivity contribution in [1.82, 2.24) is 5.32 Å². The van der Waals surface area contributed by atoms with Crippen LogP contribution < -0.4 is 5.32 Å². The Bertz CT molecular complexity index is 483. The number of benzene rings is 1. The summed E-state index contributed by atoms with van der Waals surface area (Å²) in [5.74, 6) is 0.241. The van der Waals surface area contributed by atoms with Gasteiger partial charge < -0.3 is 5.32 Å². The van der Waals surface area contributed by atoms with Crippen LogP contribution in [-0.2, 0) is 16.4 Å². The minimum atomic E-state index is -3.26. The first kappa shape index (κ1) is 14.5. The van der Waals surface area contributed by atoms with E-state index in [0.717, 1.165) is 5.56 Å². The van der Waals surface area contributed by atoms with Gasteiger partial charge in [-0.2, -0.15) is 0 Å². The molecule has 96 valence electrons. The van der Waals surface area contributed by atoms with Gasteiger partial charge in [-0.15, -0.1) is 0 Å². The van der Waals surface area contributed by atoms with Crippen molar-refractivity contribution in [2.75, 3.05) is 12.8 Å². The third-order valence-electron chi connectivity index (χ3n) is 2.28. The topological polar surface area (TPSA) is 46.2 Å². The lowest BCUT2D eigenvalue weighted by molar-refractivity contribution is 0.580. The van der Waals surface area contributed by atoms with Gasteiger partial charge in [-0.3, -0.25) is 0 Å². The molecule has 0 aliphatic carbocycles. The highest BCUT2D eigenvalue weighted by atomic mass is 35.5. The molecule has 1 aromatic carbocycles. The van der Waals surface area contributed by atoms with Gasteiger partial charge in [-0.25, -0.2) is 8.42 Å².